The Balaban J connectivity index is 1.97. The van der Waals surface area contributed by atoms with Crippen molar-refractivity contribution in [3.05, 3.63) is 35.4 Å². The Kier molecular flexibility index (Phi) is 6.81. The van der Waals surface area contributed by atoms with Gasteiger partial charge in [-0.15, -0.1) is 0 Å². The molecule has 4 heteroatoms. The molecule has 0 aliphatic carbocycles. The Bertz CT molecular complexity index is 528. The molecule has 1 aliphatic rings. The average molecular weight is 332 g/mol. The maximum Gasteiger partial charge on any atom is 0.237 e. The first-order chi connectivity index (χ1) is 11.4. The molecule has 4 nitrogen and oxygen atoms in total. The van der Waals surface area contributed by atoms with Crippen molar-refractivity contribution < 1.29 is 4.79 Å². The Morgan fingerprint density at radius 2 is 1.71 bits per heavy atom. The molecule has 1 fully saturated rings. The van der Waals surface area contributed by atoms with Crippen molar-refractivity contribution in [1.82, 2.24) is 10.2 Å². The van der Waals surface area contributed by atoms with E-state index in [-0.39, 0.29) is 11.3 Å². The van der Waals surface area contributed by atoms with Gasteiger partial charge in [0.2, 0.25) is 5.91 Å². The zero-order valence-electron chi connectivity index (χ0n) is 15.5. The van der Waals surface area contributed by atoms with Gasteiger partial charge < -0.3 is 11.1 Å². The molecule has 0 bridgehead atoms. The van der Waals surface area contributed by atoms with Crippen LogP contribution in [0.2, 0.25) is 0 Å². The predicted octanol–water partition coefficient (Wildman–Crippen LogP) is 3.05. The lowest BCUT2D eigenvalue weighted by molar-refractivity contribution is -0.124. The number of nitrogens with two attached hydrogens (primary N) is 1. The van der Waals surface area contributed by atoms with Gasteiger partial charge in [-0.05, 0) is 42.5 Å². The smallest absolute Gasteiger partial charge is 0.237 e. The lowest BCUT2D eigenvalue weighted by Crippen LogP contribution is -2.48. The molecule has 1 atom stereocenters. The molecule has 134 valence electrons. The van der Waals surface area contributed by atoms with Crippen LogP contribution in [-0.2, 0) is 17.9 Å². The van der Waals surface area contributed by atoms with Crippen molar-refractivity contribution in [2.75, 3.05) is 13.1 Å². The van der Waals surface area contributed by atoms with E-state index in [9.17, 15) is 4.79 Å². The number of amides is 1. The van der Waals surface area contributed by atoms with E-state index < -0.39 is 6.04 Å². The average Bonchev–Trinajstić information content (AvgIpc) is 2.81. The topological polar surface area (TPSA) is 58.4 Å². The molecular weight excluding hydrogens is 298 g/mol. The quantitative estimate of drug-likeness (QED) is 0.872. The van der Waals surface area contributed by atoms with Crippen molar-refractivity contribution in [1.29, 1.82) is 0 Å². The van der Waals surface area contributed by atoms with Crippen LogP contribution in [0.15, 0.2) is 24.3 Å². The molecule has 3 N–H and O–H groups in total. The lowest BCUT2D eigenvalue weighted by Gasteiger charge is -2.26. The third kappa shape index (κ3) is 5.60. The van der Waals surface area contributed by atoms with E-state index in [4.69, 9.17) is 5.73 Å². The van der Waals surface area contributed by atoms with Gasteiger partial charge in [-0.25, -0.2) is 0 Å². The van der Waals surface area contributed by atoms with E-state index in [1.165, 1.54) is 49.9 Å². The van der Waals surface area contributed by atoms with Crippen LogP contribution >= 0.6 is 0 Å². The number of benzene rings is 1. The summed E-state index contributed by atoms with van der Waals surface area (Å²) in [5.74, 6) is -0.0768. The zero-order valence-corrected chi connectivity index (χ0v) is 15.5. The molecule has 0 spiro atoms. The Morgan fingerprint density at radius 1 is 1.12 bits per heavy atom. The molecule has 1 aliphatic heterocycles. The SMILES string of the molecule is CC(C)(C)[C@H](N)C(=O)NCc1ccccc1CN1CCCCCC1. The number of hydrogen-bond donors (Lipinski definition) is 2. The Labute approximate surface area is 146 Å². The van der Waals surface area contributed by atoms with Crippen molar-refractivity contribution in [3.63, 3.8) is 0 Å². The summed E-state index contributed by atoms with van der Waals surface area (Å²) in [6.07, 6.45) is 5.27. The van der Waals surface area contributed by atoms with Gasteiger partial charge in [-0.3, -0.25) is 9.69 Å². The number of carbonyl (C=O) groups is 1. The number of carbonyl (C=O) groups excluding carboxylic acids is 1. The van der Waals surface area contributed by atoms with Crippen molar-refractivity contribution in [2.45, 2.75) is 65.6 Å². The van der Waals surface area contributed by atoms with Gasteiger partial charge in [0.15, 0.2) is 0 Å². The fraction of sp³-hybridized carbons (Fsp3) is 0.650. The van der Waals surface area contributed by atoms with E-state index in [0.29, 0.717) is 6.54 Å². The number of likely N-dealkylation sites (tertiary alicyclic amines) is 1. The van der Waals surface area contributed by atoms with Gasteiger partial charge in [0.05, 0.1) is 6.04 Å². The second-order valence-corrected chi connectivity index (χ2v) is 8.02. The van der Waals surface area contributed by atoms with Crippen LogP contribution < -0.4 is 11.1 Å². The number of hydrogen-bond acceptors (Lipinski definition) is 3. The van der Waals surface area contributed by atoms with Crippen molar-refractivity contribution >= 4 is 5.91 Å². The first-order valence-corrected chi connectivity index (χ1v) is 9.20. The highest BCUT2D eigenvalue weighted by molar-refractivity contribution is 5.82. The van der Waals surface area contributed by atoms with Crippen molar-refractivity contribution in [2.24, 2.45) is 11.1 Å². The molecule has 1 aromatic carbocycles. The van der Waals surface area contributed by atoms with Crippen LogP contribution in [0.3, 0.4) is 0 Å². The highest BCUT2D eigenvalue weighted by Gasteiger charge is 2.27. The molecule has 24 heavy (non-hydrogen) atoms. The molecule has 1 saturated heterocycles. The maximum absolute atomic E-state index is 12.3. The summed E-state index contributed by atoms with van der Waals surface area (Å²) < 4.78 is 0. The zero-order chi connectivity index (χ0) is 17.6. The summed E-state index contributed by atoms with van der Waals surface area (Å²) >= 11 is 0. The first-order valence-electron chi connectivity index (χ1n) is 9.20. The minimum absolute atomic E-state index is 0.0768. The maximum atomic E-state index is 12.3. The normalized spacial score (nSPS) is 18.0. The van der Waals surface area contributed by atoms with Crippen LogP contribution in [0.1, 0.15) is 57.6 Å². The fourth-order valence-electron chi connectivity index (χ4n) is 3.10. The standard InChI is InChI=1S/C20H33N3O/c1-20(2,3)18(21)19(24)22-14-16-10-6-7-11-17(16)15-23-12-8-4-5-9-13-23/h6-7,10-11,18H,4-5,8-9,12-15,21H2,1-3H3,(H,22,24)/t18-/m1/s1. The number of rotatable bonds is 5. The van der Waals surface area contributed by atoms with E-state index in [1.807, 2.05) is 26.8 Å². The van der Waals surface area contributed by atoms with Crippen LogP contribution in [0.4, 0.5) is 0 Å². The van der Waals surface area contributed by atoms with Gasteiger partial charge in [-0.1, -0.05) is 57.9 Å². The van der Waals surface area contributed by atoms with E-state index >= 15 is 0 Å². The molecule has 2 rings (SSSR count). The lowest BCUT2D eigenvalue weighted by atomic mass is 9.87. The van der Waals surface area contributed by atoms with Crippen LogP contribution in [0.25, 0.3) is 0 Å². The molecular formula is C20H33N3O. The van der Waals surface area contributed by atoms with Crippen LogP contribution in [-0.4, -0.2) is 29.9 Å². The van der Waals surface area contributed by atoms with Gasteiger partial charge in [0, 0.05) is 13.1 Å². The first kappa shape index (κ1) is 18.9. The summed E-state index contributed by atoms with van der Waals surface area (Å²) in [6, 6.07) is 7.91. The largest absolute Gasteiger partial charge is 0.351 e. The van der Waals surface area contributed by atoms with E-state index in [1.54, 1.807) is 0 Å². The molecule has 1 amide bonds. The number of nitrogens with one attached hydrogen (secondary N) is 1. The second kappa shape index (κ2) is 8.63. The minimum atomic E-state index is -0.490. The van der Waals surface area contributed by atoms with Crippen molar-refractivity contribution in [3.8, 4) is 0 Å². The molecule has 0 saturated carbocycles. The highest BCUT2D eigenvalue weighted by atomic mass is 16.2. The van der Waals surface area contributed by atoms with Gasteiger partial charge >= 0.3 is 0 Å². The molecule has 0 aromatic heterocycles. The summed E-state index contributed by atoms with van der Waals surface area (Å²) in [7, 11) is 0. The summed E-state index contributed by atoms with van der Waals surface area (Å²) in [5.41, 5.74) is 8.32. The molecule has 1 heterocycles. The summed E-state index contributed by atoms with van der Waals surface area (Å²) in [6.45, 7) is 9.84. The van der Waals surface area contributed by atoms with E-state index in [0.717, 1.165) is 6.54 Å². The van der Waals surface area contributed by atoms with Gasteiger partial charge in [0.25, 0.3) is 0 Å². The van der Waals surface area contributed by atoms with Gasteiger partial charge in [-0.2, -0.15) is 0 Å². The van der Waals surface area contributed by atoms with Gasteiger partial charge in [0.1, 0.15) is 0 Å². The monoisotopic (exact) mass is 331 g/mol. The molecule has 1 aromatic rings. The third-order valence-electron chi connectivity index (χ3n) is 4.88. The summed E-state index contributed by atoms with van der Waals surface area (Å²) in [4.78, 5) is 14.8. The fourth-order valence-corrected chi connectivity index (χ4v) is 3.10. The Morgan fingerprint density at radius 3 is 2.29 bits per heavy atom. The highest BCUT2D eigenvalue weighted by Crippen LogP contribution is 2.18. The Hall–Kier alpha value is -1.39. The van der Waals surface area contributed by atoms with Crippen LogP contribution in [0, 0.1) is 5.41 Å². The molecule has 0 unspecified atom stereocenters. The number of nitrogens with zero attached hydrogens (tertiary/aromatic N) is 1. The summed E-state index contributed by atoms with van der Waals surface area (Å²) in [5, 5.41) is 3.01. The second-order valence-electron chi connectivity index (χ2n) is 8.02. The van der Waals surface area contributed by atoms with E-state index in [2.05, 4.69) is 28.4 Å². The molecule has 0 radical (unpaired) electrons. The third-order valence-corrected chi connectivity index (χ3v) is 4.88. The minimum Gasteiger partial charge on any atom is -0.351 e. The predicted molar refractivity (Wildman–Crippen MR) is 99.5 cm³/mol. The van der Waals surface area contributed by atoms with Crippen LogP contribution in [0.5, 0.6) is 0 Å².